The molecule has 0 spiro atoms. The highest BCUT2D eigenvalue weighted by molar-refractivity contribution is 9.10. The number of hydrogen-bond donors (Lipinski definition) is 2. The predicted molar refractivity (Wildman–Crippen MR) is 82.2 cm³/mol. The van der Waals surface area contributed by atoms with E-state index in [2.05, 4.69) is 40.2 Å². The minimum atomic E-state index is 0.0775. The molecule has 1 aromatic carbocycles. The van der Waals surface area contributed by atoms with Crippen molar-refractivity contribution in [3.8, 4) is 0 Å². The van der Waals surface area contributed by atoms with Gasteiger partial charge in [-0.15, -0.1) is 0 Å². The van der Waals surface area contributed by atoms with Gasteiger partial charge in [0.05, 0.1) is 12.2 Å². The molecule has 3 N–H and O–H groups in total. The van der Waals surface area contributed by atoms with Crippen LogP contribution in [0.1, 0.15) is 31.5 Å². The predicted octanol–water partition coefficient (Wildman–Crippen LogP) is 3.34. The number of aromatic nitrogens is 2. The number of benzene rings is 1. The van der Waals surface area contributed by atoms with E-state index in [1.807, 2.05) is 41.3 Å². The van der Waals surface area contributed by atoms with E-state index < -0.39 is 0 Å². The van der Waals surface area contributed by atoms with E-state index in [1.54, 1.807) is 0 Å². The Kier molecular flexibility index (Phi) is 4.61. The maximum absolute atomic E-state index is 5.86. The van der Waals surface area contributed by atoms with Gasteiger partial charge in [-0.25, -0.2) is 0 Å². The highest BCUT2D eigenvalue weighted by Gasteiger charge is 2.12. The molecule has 1 aromatic heterocycles. The van der Waals surface area contributed by atoms with Gasteiger partial charge in [-0.05, 0) is 38.1 Å². The van der Waals surface area contributed by atoms with Gasteiger partial charge in [0, 0.05) is 34.5 Å². The molecule has 0 fully saturated rings. The fourth-order valence-electron chi connectivity index (χ4n) is 1.84. The van der Waals surface area contributed by atoms with Crippen molar-refractivity contribution >= 4 is 21.6 Å². The van der Waals surface area contributed by atoms with E-state index in [-0.39, 0.29) is 6.04 Å². The number of anilines is 1. The van der Waals surface area contributed by atoms with Crippen LogP contribution in [-0.4, -0.2) is 16.3 Å². The van der Waals surface area contributed by atoms with Gasteiger partial charge < -0.3 is 11.1 Å². The summed E-state index contributed by atoms with van der Waals surface area (Å²) in [5, 5.41) is 7.78. The number of halogens is 1. The second kappa shape index (κ2) is 6.21. The Morgan fingerprint density at radius 3 is 2.53 bits per heavy atom. The molecule has 0 radical (unpaired) electrons. The average molecular weight is 323 g/mol. The molecule has 0 aliphatic rings. The lowest BCUT2D eigenvalue weighted by atomic mass is 10.1. The molecule has 0 aliphatic heterocycles. The van der Waals surface area contributed by atoms with Crippen LogP contribution in [0.4, 0.5) is 5.69 Å². The topological polar surface area (TPSA) is 55.9 Å². The normalized spacial score (nSPS) is 12.7. The van der Waals surface area contributed by atoms with Crippen LogP contribution in [0.15, 0.2) is 41.1 Å². The molecule has 1 heterocycles. The van der Waals surface area contributed by atoms with Gasteiger partial charge >= 0.3 is 0 Å². The monoisotopic (exact) mass is 322 g/mol. The SMILES string of the molecule is CC(C)n1cc(C(CN)Nc2ccc(Br)cc2)cn1. The highest BCUT2D eigenvalue weighted by atomic mass is 79.9. The third-order valence-electron chi connectivity index (χ3n) is 2.97. The maximum atomic E-state index is 5.86. The minimum Gasteiger partial charge on any atom is -0.377 e. The van der Waals surface area contributed by atoms with Crippen molar-refractivity contribution in [3.63, 3.8) is 0 Å². The Balaban J connectivity index is 2.12. The van der Waals surface area contributed by atoms with Crippen molar-refractivity contribution in [3.05, 3.63) is 46.7 Å². The summed E-state index contributed by atoms with van der Waals surface area (Å²) in [5.74, 6) is 0. The summed E-state index contributed by atoms with van der Waals surface area (Å²) in [5.41, 5.74) is 8.02. The molecule has 19 heavy (non-hydrogen) atoms. The highest BCUT2D eigenvalue weighted by Crippen LogP contribution is 2.21. The average Bonchev–Trinajstić information content (AvgIpc) is 2.88. The van der Waals surface area contributed by atoms with Crippen molar-refractivity contribution < 1.29 is 0 Å². The van der Waals surface area contributed by atoms with Gasteiger partial charge in [-0.3, -0.25) is 4.68 Å². The van der Waals surface area contributed by atoms with E-state index in [4.69, 9.17) is 5.73 Å². The summed E-state index contributed by atoms with van der Waals surface area (Å²) in [4.78, 5) is 0. The number of rotatable bonds is 5. The lowest BCUT2D eigenvalue weighted by Gasteiger charge is -2.16. The fraction of sp³-hybridized carbons (Fsp3) is 0.357. The van der Waals surface area contributed by atoms with Crippen molar-refractivity contribution in [1.82, 2.24) is 9.78 Å². The molecule has 0 saturated carbocycles. The van der Waals surface area contributed by atoms with E-state index in [1.165, 1.54) is 0 Å². The minimum absolute atomic E-state index is 0.0775. The first-order valence-electron chi connectivity index (χ1n) is 6.36. The standard InChI is InChI=1S/C14H19BrN4/c1-10(2)19-9-11(8-17-19)14(7-16)18-13-5-3-12(15)4-6-13/h3-6,8-10,14,18H,7,16H2,1-2H3. The van der Waals surface area contributed by atoms with Crippen LogP contribution in [-0.2, 0) is 0 Å². The summed E-state index contributed by atoms with van der Waals surface area (Å²) in [7, 11) is 0. The molecule has 1 unspecified atom stereocenters. The van der Waals surface area contributed by atoms with Gasteiger partial charge in [-0.2, -0.15) is 5.10 Å². The number of nitrogens with one attached hydrogen (secondary N) is 1. The zero-order chi connectivity index (χ0) is 13.8. The zero-order valence-electron chi connectivity index (χ0n) is 11.2. The van der Waals surface area contributed by atoms with Crippen LogP contribution in [0.3, 0.4) is 0 Å². The molecule has 2 rings (SSSR count). The van der Waals surface area contributed by atoms with Gasteiger partial charge in [-0.1, -0.05) is 15.9 Å². The van der Waals surface area contributed by atoms with Crippen LogP contribution in [0, 0.1) is 0 Å². The number of nitrogens with two attached hydrogens (primary N) is 1. The quantitative estimate of drug-likeness (QED) is 0.887. The summed E-state index contributed by atoms with van der Waals surface area (Å²) >= 11 is 3.43. The molecule has 0 aliphatic carbocycles. The first kappa shape index (κ1) is 14.1. The Hall–Kier alpha value is -1.33. The summed E-state index contributed by atoms with van der Waals surface area (Å²) in [6.45, 7) is 4.74. The summed E-state index contributed by atoms with van der Waals surface area (Å²) in [6.07, 6.45) is 3.93. The van der Waals surface area contributed by atoms with E-state index in [0.717, 1.165) is 15.7 Å². The molecule has 0 saturated heterocycles. The van der Waals surface area contributed by atoms with Crippen molar-refractivity contribution in [2.75, 3.05) is 11.9 Å². The second-order valence-electron chi connectivity index (χ2n) is 4.79. The largest absolute Gasteiger partial charge is 0.377 e. The molecule has 102 valence electrons. The van der Waals surface area contributed by atoms with Gasteiger partial charge in [0.25, 0.3) is 0 Å². The first-order chi connectivity index (χ1) is 9.10. The molecule has 5 heteroatoms. The van der Waals surface area contributed by atoms with Crippen molar-refractivity contribution in [2.24, 2.45) is 5.73 Å². The van der Waals surface area contributed by atoms with E-state index >= 15 is 0 Å². The first-order valence-corrected chi connectivity index (χ1v) is 7.15. The Labute approximate surface area is 122 Å². The zero-order valence-corrected chi connectivity index (χ0v) is 12.8. The Morgan fingerprint density at radius 2 is 2.00 bits per heavy atom. The third-order valence-corrected chi connectivity index (χ3v) is 3.50. The number of nitrogens with zero attached hydrogens (tertiary/aromatic N) is 2. The third kappa shape index (κ3) is 3.58. The van der Waals surface area contributed by atoms with Crippen LogP contribution < -0.4 is 11.1 Å². The van der Waals surface area contributed by atoms with Gasteiger partial charge in [0.15, 0.2) is 0 Å². The van der Waals surface area contributed by atoms with E-state index in [9.17, 15) is 0 Å². The molecular formula is C14H19BrN4. The lowest BCUT2D eigenvalue weighted by molar-refractivity contribution is 0.531. The summed E-state index contributed by atoms with van der Waals surface area (Å²) < 4.78 is 3.01. The second-order valence-corrected chi connectivity index (χ2v) is 5.70. The smallest absolute Gasteiger partial charge is 0.0667 e. The molecule has 0 bridgehead atoms. The van der Waals surface area contributed by atoms with Crippen LogP contribution >= 0.6 is 15.9 Å². The van der Waals surface area contributed by atoms with Crippen LogP contribution in [0.5, 0.6) is 0 Å². The number of hydrogen-bond acceptors (Lipinski definition) is 3. The van der Waals surface area contributed by atoms with Crippen LogP contribution in [0.25, 0.3) is 0 Å². The molecular weight excluding hydrogens is 304 g/mol. The van der Waals surface area contributed by atoms with Gasteiger partial charge in [0.1, 0.15) is 0 Å². The van der Waals surface area contributed by atoms with Crippen molar-refractivity contribution in [1.29, 1.82) is 0 Å². The Morgan fingerprint density at radius 1 is 1.32 bits per heavy atom. The van der Waals surface area contributed by atoms with Crippen LogP contribution in [0.2, 0.25) is 0 Å². The fourth-order valence-corrected chi connectivity index (χ4v) is 2.11. The lowest BCUT2D eigenvalue weighted by Crippen LogP contribution is -2.20. The van der Waals surface area contributed by atoms with Crippen molar-refractivity contribution in [2.45, 2.75) is 25.9 Å². The van der Waals surface area contributed by atoms with E-state index in [0.29, 0.717) is 12.6 Å². The summed E-state index contributed by atoms with van der Waals surface area (Å²) in [6, 6.07) is 8.51. The molecule has 1 atom stereocenters. The molecule has 0 amide bonds. The maximum Gasteiger partial charge on any atom is 0.0667 e. The van der Waals surface area contributed by atoms with Gasteiger partial charge in [0.2, 0.25) is 0 Å². The Bertz CT molecular complexity index is 518. The molecule has 2 aromatic rings. The molecule has 4 nitrogen and oxygen atoms in total.